The number of fused-ring (bicyclic) bond motifs is 1. The maximum Gasteiger partial charge on any atom is 0.245 e. The number of para-hydroxylation sites is 1. The average molecular weight is 437 g/mol. The number of nitrogens with one attached hydrogen (secondary N) is 2. The number of rotatable bonds is 9. The quantitative estimate of drug-likeness (QED) is 0.485. The first kappa shape index (κ1) is 22.5. The number of carbonyl (C=O) groups excluding carboxylic acids is 1. The second-order valence-corrected chi connectivity index (χ2v) is 9.45. The van der Waals surface area contributed by atoms with Crippen molar-refractivity contribution in [3.8, 4) is 0 Å². The highest BCUT2D eigenvalue weighted by atomic mass is 16.1. The summed E-state index contributed by atoms with van der Waals surface area (Å²) in [7, 11) is 2.16. The van der Waals surface area contributed by atoms with Crippen molar-refractivity contribution in [3.63, 3.8) is 0 Å². The molecule has 0 saturated carbocycles. The van der Waals surface area contributed by atoms with Crippen molar-refractivity contribution < 1.29 is 4.79 Å². The summed E-state index contributed by atoms with van der Waals surface area (Å²) in [6, 6.07) is 9.21. The minimum atomic E-state index is 0.0555. The van der Waals surface area contributed by atoms with E-state index in [1.54, 1.807) is 0 Å². The number of unbranched alkanes of at least 4 members (excludes halogenated alkanes) is 1. The number of benzene rings is 1. The molecular weight excluding hydrogens is 400 g/mol. The van der Waals surface area contributed by atoms with Gasteiger partial charge in [-0.25, -0.2) is 0 Å². The number of aromatic nitrogens is 4. The SMILES string of the molecule is CCCCC(CC(=O)c1nc(N2C[C@@H](C)N(C)[C@@H](C)C2)n[nH]1)Cc1c[nH]c2ccccc12. The monoisotopic (exact) mass is 436 g/mol. The van der Waals surface area contributed by atoms with E-state index in [1.165, 1.54) is 10.9 Å². The zero-order valence-corrected chi connectivity index (χ0v) is 19.8. The topological polar surface area (TPSA) is 80.9 Å². The molecule has 3 heterocycles. The van der Waals surface area contributed by atoms with Gasteiger partial charge in [-0.3, -0.25) is 14.8 Å². The van der Waals surface area contributed by atoms with Gasteiger partial charge in [0.2, 0.25) is 5.95 Å². The maximum absolute atomic E-state index is 13.1. The minimum absolute atomic E-state index is 0.0555. The van der Waals surface area contributed by atoms with E-state index in [1.807, 2.05) is 6.07 Å². The van der Waals surface area contributed by atoms with Crippen molar-refractivity contribution >= 4 is 22.6 Å². The van der Waals surface area contributed by atoms with E-state index < -0.39 is 0 Å². The number of hydrogen-bond donors (Lipinski definition) is 2. The lowest BCUT2D eigenvalue weighted by atomic mass is 9.89. The van der Waals surface area contributed by atoms with Crippen LogP contribution in [-0.2, 0) is 6.42 Å². The van der Waals surface area contributed by atoms with E-state index in [4.69, 9.17) is 0 Å². The summed E-state index contributed by atoms with van der Waals surface area (Å²) in [5.74, 6) is 1.38. The fourth-order valence-electron chi connectivity index (χ4n) is 4.83. The number of Topliss-reactive ketones (excluding diaryl/α,β-unsaturated/α-hetero) is 1. The Hall–Kier alpha value is -2.67. The molecule has 0 spiro atoms. The molecule has 1 fully saturated rings. The van der Waals surface area contributed by atoms with Gasteiger partial charge in [0, 0.05) is 48.7 Å². The number of nitrogens with zero attached hydrogens (tertiary/aromatic N) is 4. The van der Waals surface area contributed by atoms with Gasteiger partial charge in [-0.1, -0.05) is 38.0 Å². The Morgan fingerprint density at radius 3 is 2.72 bits per heavy atom. The summed E-state index contributed by atoms with van der Waals surface area (Å²) < 4.78 is 0. The second kappa shape index (κ2) is 9.86. The standard InChI is InChI=1S/C25H36N6O/c1-5-6-9-19(12-20-14-26-22-11-8-7-10-21(20)22)13-23(32)24-27-25(29-28-24)31-15-17(2)30(4)18(3)16-31/h7-8,10-11,14,17-19,26H,5-6,9,12-13,15-16H2,1-4H3,(H,27,28,29)/t17-,18+,19?. The summed E-state index contributed by atoms with van der Waals surface area (Å²) >= 11 is 0. The highest BCUT2D eigenvalue weighted by Gasteiger charge is 2.29. The van der Waals surface area contributed by atoms with Crippen molar-refractivity contribution in [1.82, 2.24) is 25.1 Å². The van der Waals surface area contributed by atoms with Gasteiger partial charge in [0.1, 0.15) is 0 Å². The van der Waals surface area contributed by atoms with E-state index in [-0.39, 0.29) is 5.78 Å². The van der Waals surface area contributed by atoms with Gasteiger partial charge >= 0.3 is 0 Å². The van der Waals surface area contributed by atoms with Crippen LogP contribution in [0, 0.1) is 5.92 Å². The molecule has 7 nitrogen and oxygen atoms in total. The lowest BCUT2D eigenvalue weighted by Crippen LogP contribution is -2.55. The Balaban J connectivity index is 1.44. The normalized spacial score (nSPS) is 20.7. The van der Waals surface area contributed by atoms with Gasteiger partial charge in [0.05, 0.1) is 0 Å². The molecule has 1 aliphatic rings. The fourth-order valence-corrected chi connectivity index (χ4v) is 4.83. The number of H-pyrrole nitrogens is 2. The van der Waals surface area contributed by atoms with Crippen LogP contribution >= 0.6 is 0 Å². The second-order valence-electron chi connectivity index (χ2n) is 9.45. The van der Waals surface area contributed by atoms with Gasteiger partial charge in [-0.05, 0) is 51.3 Å². The number of piperazine rings is 1. The molecule has 2 aromatic heterocycles. The van der Waals surface area contributed by atoms with E-state index in [0.717, 1.165) is 44.3 Å². The third-order valence-corrected chi connectivity index (χ3v) is 7.00. The van der Waals surface area contributed by atoms with Crippen molar-refractivity contribution in [1.29, 1.82) is 0 Å². The van der Waals surface area contributed by atoms with Crippen LogP contribution in [-0.4, -0.2) is 63.1 Å². The zero-order chi connectivity index (χ0) is 22.7. The van der Waals surface area contributed by atoms with Crippen molar-refractivity contribution in [3.05, 3.63) is 41.9 Å². The molecule has 3 atom stereocenters. The molecule has 1 aliphatic heterocycles. The lowest BCUT2D eigenvalue weighted by Gasteiger charge is -2.41. The third-order valence-electron chi connectivity index (χ3n) is 7.00. The van der Waals surface area contributed by atoms with Crippen LogP contribution in [0.3, 0.4) is 0 Å². The van der Waals surface area contributed by atoms with Gasteiger partial charge in [0.15, 0.2) is 11.6 Å². The van der Waals surface area contributed by atoms with Crippen LogP contribution in [0.1, 0.15) is 62.6 Å². The maximum atomic E-state index is 13.1. The zero-order valence-electron chi connectivity index (χ0n) is 19.8. The van der Waals surface area contributed by atoms with Crippen LogP contribution in [0.15, 0.2) is 30.5 Å². The van der Waals surface area contributed by atoms with Crippen LogP contribution < -0.4 is 4.90 Å². The number of carbonyl (C=O) groups is 1. The number of likely N-dealkylation sites (N-methyl/N-ethyl adjacent to an activating group) is 1. The summed E-state index contributed by atoms with van der Waals surface area (Å²) in [6.45, 7) is 8.36. The molecule has 0 amide bonds. The number of ketones is 1. The molecule has 0 radical (unpaired) electrons. The first-order valence-corrected chi connectivity index (χ1v) is 11.9. The Morgan fingerprint density at radius 2 is 1.97 bits per heavy atom. The molecule has 0 aliphatic carbocycles. The van der Waals surface area contributed by atoms with Gasteiger partial charge < -0.3 is 9.88 Å². The van der Waals surface area contributed by atoms with Crippen LogP contribution in [0.5, 0.6) is 0 Å². The van der Waals surface area contributed by atoms with Crippen molar-refractivity contribution in [2.24, 2.45) is 5.92 Å². The summed E-state index contributed by atoms with van der Waals surface area (Å²) in [4.78, 5) is 25.6. The van der Waals surface area contributed by atoms with Crippen LogP contribution in [0.2, 0.25) is 0 Å². The molecule has 2 N–H and O–H groups in total. The van der Waals surface area contributed by atoms with E-state index in [9.17, 15) is 4.79 Å². The predicted octanol–water partition coefficient (Wildman–Crippen LogP) is 4.44. The Labute approximate surface area is 190 Å². The fraction of sp³-hybridized carbons (Fsp3) is 0.560. The average Bonchev–Trinajstić information content (AvgIpc) is 3.43. The molecule has 1 saturated heterocycles. The molecule has 3 aromatic rings. The third kappa shape index (κ3) is 4.88. The van der Waals surface area contributed by atoms with E-state index in [0.29, 0.717) is 36.2 Å². The molecule has 4 rings (SSSR count). The van der Waals surface area contributed by atoms with Crippen molar-refractivity contribution in [2.45, 2.75) is 65.0 Å². The molecule has 1 unspecified atom stereocenters. The largest absolute Gasteiger partial charge is 0.361 e. The summed E-state index contributed by atoms with van der Waals surface area (Å²) in [6.07, 6.45) is 6.77. The summed E-state index contributed by atoms with van der Waals surface area (Å²) in [5.41, 5.74) is 2.44. The first-order valence-electron chi connectivity index (χ1n) is 11.9. The Morgan fingerprint density at radius 1 is 1.22 bits per heavy atom. The molecule has 1 aromatic carbocycles. The molecule has 172 valence electrons. The van der Waals surface area contributed by atoms with E-state index in [2.05, 4.69) is 82.2 Å². The lowest BCUT2D eigenvalue weighted by molar-refractivity contribution is 0.0948. The number of anilines is 1. The van der Waals surface area contributed by atoms with Gasteiger partial charge in [0.25, 0.3) is 0 Å². The highest BCUT2D eigenvalue weighted by molar-refractivity contribution is 5.93. The molecule has 0 bridgehead atoms. The number of hydrogen-bond acceptors (Lipinski definition) is 5. The van der Waals surface area contributed by atoms with Crippen LogP contribution in [0.4, 0.5) is 5.95 Å². The van der Waals surface area contributed by atoms with Crippen LogP contribution in [0.25, 0.3) is 10.9 Å². The smallest absolute Gasteiger partial charge is 0.245 e. The minimum Gasteiger partial charge on any atom is -0.361 e. The molecular formula is C25H36N6O. The Bertz CT molecular complexity index is 1030. The predicted molar refractivity (Wildman–Crippen MR) is 129 cm³/mol. The molecule has 32 heavy (non-hydrogen) atoms. The van der Waals surface area contributed by atoms with Crippen molar-refractivity contribution in [2.75, 3.05) is 25.0 Å². The Kier molecular flexibility index (Phi) is 6.94. The van der Waals surface area contributed by atoms with Gasteiger partial charge in [-0.15, -0.1) is 5.10 Å². The number of aromatic amines is 2. The summed E-state index contributed by atoms with van der Waals surface area (Å²) in [5, 5.41) is 8.56. The first-order chi connectivity index (χ1) is 15.5. The highest BCUT2D eigenvalue weighted by Crippen LogP contribution is 2.26. The molecule has 7 heteroatoms. The van der Waals surface area contributed by atoms with Gasteiger partial charge in [-0.2, -0.15) is 4.98 Å². The van der Waals surface area contributed by atoms with E-state index >= 15 is 0 Å².